The Bertz CT molecular complexity index is 524. The first kappa shape index (κ1) is 11.3. The van der Waals surface area contributed by atoms with E-state index in [1.807, 2.05) is 6.07 Å². The Balaban J connectivity index is 1.67. The zero-order valence-corrected chi connectivity index (χ0v) is 10.6. The highest BCUT2D eigenvalue weighted by Gasteiger charge is 2.17. The highest BCUT2D eigenvalue weighted by atomic mass is 32.1. The van der Waals surface area contributed by atoms with E-state index in [0.717, 1.165) is 17.7 Å². The van der Waals surface area contributed by atoms with Crippen LogP contribution in [-0.4, -0.2) is 26.5 Å². The van der Waals surface area contributed by atoms with Crippen molar-refractivity contribution < 1.29 is 4.79 Å². The lowest BCUT2D eigenvalue weighted by molar-refractivity contribution is 0.0954. The highest BCUT2D eigenvalue weighted by Crippen LogP contribution is 2.29. The minimum absolute atomic E-state index is 0.0563. The molecule has 0 fully saturated rings. The molecule has 0 bridgehead atoms. The largest absolute Gasteiger partial charge is 0.344 e. The molecule has 0 saturated heterocycles. The molecule has 3 rings (SSSR count). The van der Waals surface area contributed by atoms with Crippen LogP contribution in [0.25, 0.3) is 0 Å². The quantitative estimate of drug-likeness (QED) is 0.867. The molecule has 2 N–H and O–H groups in total. The van der Waals surface area contributed by atoms with Crippen molar-refractivity contribution in [3.63, 3.8) is 0 Å². The number of thiophene rings is 1. The Hall–Kier alpha value is -1.76. The van der Waals surface area contributed by atoms with Gasteiger partial charge in [-0.3, -0.25) is 4.79 Å². The van der Waals surface area contributed by atoms with Crippen LogP contribution in [0.15, 0.2) is 6.07 Å². The molecule has 2 aromatic heterocycles. The lowest BCUT2D eigenvalue weighted by Crippen LogP contribution is -2.22. The number of nitrogens with one attached hydrogen (secondary N) is 2. The van der Waals surface area contributed by atoms with Crippen LogP contribution < -0.4 is 5.32 Å². The lowest BCUT2D eigenvalue weighted by atomic mass is 9.99. The molecule has 0 aliphatic heterocycles. The Morgan fingerprint density at radius 3 is 3.11 bits per heavy atom. The fraction of sp³-hybridized carbons (Fsp3) is 0.455. The van der Waals surface area contributed by atoms with Gasteiger partial charge in [-0.1, -0.05) is 5.21 Å². The van der Waals surface area contributed by atoms with Crippen LogP contribution in [0.1, 0.15) is 38.8 Å². The summed E-state index contributed by atoms with van der Waals surface area (Å²) in [7, 11) is 0. The van der Waals surface area contributed by atoms with Crippen LogP contribution in [-0.2, 0) is 19.4 Å². The van der Waals surface area contributed by atoms with Crippen molar-refractivity contribution in [3.8, 4) is 0 Å². The van der Waals surface area contributed by atoms with Crippen molar-refractivity contribution in [1.29, 1.82) is 0 Å². The predicted molar refractivity (Wildman–Crippen MR) is 66.3 cm³/mol. The smallest absolute Gasteiger partial charge is 0.261 e. The molecule has 0 radical (unpaired) electrons. The number of aromatic amines is 1. The van der Waals surface area contributed by atoms with Gasteiger partial charge in [0.2, 0.25) is 0 Å². The number of rotatable bonds is 3. The summed E-state index contributed by atoms with van der Waals surface area (Å²) < 4.78 is 0. The maximum absolute atomic E-state index is 12.0. The summed E-state index contributed by atoms with van der Waals surface area (Å²) in [5.41, 5.74) is 1.34. The van der Waals surface area contributed by atoms with E-state index < -0.39 is 0 Å². The number of amides is 1. The molecule has 18 heavy (non-hydrogen) atoms. The van der Waals surface area contributed by atoms with E-state index in [2.05, 4.69) is 25.9 Å². The number of hydrogen-bond acceptors (Lipinski definition) is 5. The van der Waals surface area contributed by atoms with Gasteiger partial charge in [0, 0.05) is 4.88 Å². The Morgan fingerprint density at radius 2 is 2.33 bits per heavy atom. The van der Waals surface area contributed by atoms with Gasteiger partial charge in [-0.2, -0.15) is 5.21 Å². The van der Waals surface area contributed by atoms with Gasteiger partial charge < -0.3 is 5.32 Å². The zero-order valence-electron chi connectivity index (χ0n) is 9.77. The van der Waals surface area contributed by atoms with E-state index in [9.17, 15) is 4.79 Å². The normalized spacial score (nSPS) is 14.2. The molecule has 6 nitrogen and oxygen atoms in total. The summed E-state index contributed by atoms with van der Waals surface area (Å²) in [5, 5.41) is 16.2. The van der Waals surface area contributed by atoms with Gasteiger partial charge in [0.05, 0.1) is 11.4 Å². The lowest BCUT2D eigenvalue weighted by Gasteiger charge is -2.08. The number of H-pyrrole nitrogens is 1. The van der Waals surface area contributed by atoms with Gasteiger partial charge >= 0.3 is 0 Å². The maximum Gasteiger partial charge on any atom is 0.261 e. The van der Waals surface area contributed by atoms with E-state index in [4.69, 9.17) is 0 Å². The number of aromatic nitrogens is 4. The predicted octanol–water partition coefficient (Wildman–Crippen LogP) is 1.07. The van der Waals surface area contributed by atoms with Crippen molar-refractivity contribution in [2.75, 3.05) is 0 Å². The molecule has 7 heteroatoms. The third-order valence-electron chi connectivity index (χ3n) is 3.02. The van der Waals surface area contributed by atoms with Gasteiger partial charge in [0.1, 0.15) is 0 Å². The third-order valence-corrected chi connectivity index (χ3v) is 4.25. The van der Waals surface area contributed by atoms with Crippen LogP contribution >= 0.6 is 11.3 Å². The Morgan fingerprint density at radius 1 is 1.44 bits per heavy atom. The number of carbonyl (C=O) groups is 1. The van der Waals surface area contributed by atoms with Crippen LogP contribution in [0.3, 0.4) is 0 Å². The second-order valence-corrected chi connectivity index (χ2v) is 5.41. The van der Waals surface area contributed by atoms with Crippen molar-refractivity contribution in [2.45, 2.75) is 32.2 Å². The Kier molecular flexibility index (Phi) is 3.06. The van der Waals surface area contributed by atoms with Gasteiger partial charge in [0.25, 0.3) is 5.91 Å². The van der Waals surface area contributed by atoms with Crippen molar-refractivity contribution in [3.05, 3.63) is 27.2 Å². The SMILES string of the molecule is O=C(NCc1nn[nH]n1)c1cc2c(s1)CCCC2. The molecule has 0 spiro atoms. The minimum Gasteiger partial charge on any atom is -0.344 e. The molecule has 0 atom stereocenters. The summed E-state index contributed by atoms with van der Waals surface area (Å²) in [6.45, 7) is 0.303. The molecule has 2 aromatic rings. The topological polar surface area (TPSA) is 83.6 Å². The number of carbonyl (C=O) groups excluding carboxylic acids is 1. The van der Waals surface area contributed by atoms with Crippen LogP contribution in [0, 0.1) is 0 Å². The van der Waals surface area contributed by atoms with E-state index in [1.165, 1.54) is 23.3 Å². The standard InChI is InChI=1S/C11H13N5OS/c17-11(12-6-10-13-15-16-14-10)9-5-7-3-1-2-4-8(7)18-9/h5H,1-4,6H2,(H,12,17)(H,13,14,15,16). The molecule has 94 valence electrons. The van der Waals surface area contributed by atoms with Gasteiger partial charge in [-0.15, -0.1) is 21.5 Å². The number of fused-ring (bicyclic) bond motifs is 1. The van der Waals surface area contributed by atoms with Crippen molar-refractivity contribution >= 4 is 17.2 Å². The van der Waals surface area contributed by atoms with Gasteiger partial charge in [-0.25, -0.2) is 0 Å². The van der Waals surface area contributed by atoms with Crippen LogP contribution in [0.5, 0.6) is 0 Å². The van der Waals surface area contributed by atoms with E-state index in [-0.39, 0.29) is 5.91 Å². The van der Waals surface area contributed by atoms with Gasteiger partial charge in [0.15, 0.2) is 5.82 Å². The number of tetrazole rings is 1. The zero-order chi connectivity index (χ0) is 12.4. The number of hydrogen-bond donors (Lipinski definition) is 2. The summed E-state index contributed by atoms with van der Waals surface area (Å²) in [6.07, 6.45) is 4.67. The first-order valence-electron chi connectivity index (χ1n) is 5.95. The first-order chi connectivity index (χ1) is 8.83. The monoisotopic (exact) mass is 263 g/mol. The second-order valence-electron chi connectivity index (χ2n) is 4.28. The molecule has 0 unspecified atom stereocenters. The Labute approximate surface area is 108 Å². The van der Waals surface area contributed by atoms with E-state index >= 15 is 0 Å². The molecular weight excluding hydrogens is 250 g/mol. The number of aryl methyl sites for hydroxylation is 2. The second kappa shape index (κ2) is 4.85. The van der Waals surface area contributed by atoms with Crippen molar-refractivity contribution in [1.82, 2.24) is 25.9 Å². The first-order valence-corrected chi connectivity index (χ1v) is 6.76. The summed E-state index contributed by atoms with van der Waals surface area (Å²) in [5.74, 6) is 0.434. The van der Waals surface area contributed by atoms with Crippen LogP contribution in [0.4, 0.5) is 0 Å². The molecule has 0 saturated carbocycles. The fourth-order valence-electron chi connectivity index (χ4n) is 2.11. The minimum atomic E-state index is -0.0563. The summed E-state index contributed by atoms with van der Waals surface area (Å²) in [6, 6.07) is 2.02. The average Bonchev–Trinajstić information content (AvgIpc) is 3.04. The highest BCUT2D eigenvalue weighted by molar-refractivity contribution is 7.14. The van der Waals surface area contributed by atoms with Gasteiger partial charge in [-0.05, 0) is 37.3 Å². The fourth-order valence-corrected chi connectivity index (χ4v) is 3.28. The molecule has 1 aliphatic carbocycles. The molecule has 1 aliphatic rings. The molecule has 0 aromatic carbocycles. The number of nitrogens with zero attached hydrogens (tertiary/aromatic N) is 3. The molecular formula is C11H13N5OS. The van der Waals surface area contributed by atoms with E-state index in [1.54, 1.807) is 11.3 Å². The molecule has 1 amide bonds. The average molecular weight is 263 g/mol. The summed E-state index contributed by atoms with van der Waals surface area (Å²) in [4.78, 5) is 14.1. The summed E-state index contributed by atoms with van der Waals surface area (Å²) >= 11 is 1.60. The van der Waals surface area contributed by atoms with Crippen LogP contribution in [0.2, 0.25) is 0 Å². The third kappa shape index (κ3) is 2.26. The molecule has 2 heterocycles. The maximum atomic E-state index is 12.0. The van der Waals surface area contributed by atoms with Crippen molar-refractivity contribution in [2.24, 2.45) is 0 Å². The van der Waals surface area contributed by atoms with E-state index in [0.29, 0.717) is 12.4 Å².